The van der Waals surface area contributed by atoms with Gasteiger partial charge < -0.3 is 11.1 Å². The van der Waals surface area contributed by atoms with Crippen molar-refractivity contribution in [1.29, 1.82) is 0 Å². The van der Waals surface area contributed by atoms with Gasteiger partial charge in [-0.2, -0.15) is 0 Å². The molecule has 0 spiro atoms. The van der Waals surface area contributed by atoms with Crippen molar-refractivity contribution in [2.75, 3.05) is 5.32 Å². The second-order valence-electron chi connectivity index (χ2n) is 4.49. The van der Waals surface area contributed by atoms with E-state index in [2.05, 4.69) is 5.32 Å². The minimum absolute atomic E-state index is 0.242. The lowest BCUT2D eigenvalue weighted by Crippen LogP contribution is -2.12. The second kappa shape index (κ2) is 5.92. The highest BCUT2D eigenvalue weighted by molar-refractivity contribution is 6.31. The Kier molecular flexibility index (Phi) is 4.25. The van der Waals surface area contributed by atoms with E-state index < -0.39 is 5.91 Å². The number of nitrogens with two attached hydrogens (primary N) is 1. The molecule has 0 saturated heterocycles. The molecular weight excluding hydrogens is 279 g/mol. The number of nitrogens with one attached hydrogen (secondary N) is 1. The lowest BCUT2D eigenvalue weighted by molar-refractivity contribution is 0.1000. The van der Waals surface area contributed by atoms with E-state index in [1.165, 1.54) is 18.2 Å². The van der Waals surface area contributed by atoms with Crippen LogP contribution >= 0.6 is 11.6 Å². The molecule has 1 amide bonds. The number of amides is 1. The normalized spacial score (nSPS) is 10.3. The summed E-state index contributed by atoms with van der Waals surface area (Å²) in [6.07, 6.45) is 0. The second-order valence-corrected chi connectivity index (χ2v) is 4.90. The average molecular weight is 293 g/mol. The van der Waals surface area contributed by atoms with Gasteiger partial charge in [-0.15, -0.1) is 0 Å². The summed E-state index contributed by atoms with van der Waals surface area (Å²) in [7, 11) is 0. The van der Waals surface area contributed by atoms with Crippen molar-refractivity contribution in [3.05, 3.63) is 63.9 Å². The van der Waals surface area contributed by atoms with Crippen molar-refractivity contribution in [2.45, 2.75) is 13.5 Å². The number of halogens is 2. The largest absolute Gasteiger partial charge is 0.381 e. The zero-order valence-corrected chi connectivity index (χ0v) is 11.7. The summed E-state index contributed by atoms with van der Waals surface area (Å²) in [6.45, 7) is 2.15. The van der Waals surface area contributed by atoms with Crippen LogP contribution in [0.1, 0.15) is 21.5 Å². The molecule has 3 nitrogen and oxygen atoms in total. The molecule has 0 unspecified atom stereocenters. The molecule has 20 heavy (non-hydrogen) atoms. The highest BCUT2D eigenvalue weighted by Gasteiger charge is 2.07. The van der Waals surface area contributed by atoms with Crippen LogP contribution in [0.3, 0.4) is 0 Å². The van der Waals surface area contributed by atoms with Crippen molar-refractivity contribution in [2.24, 2.45) is 5.73 Å². The minimum atomic E-state index is -0.579. The van der Waals surface area contributed by atoms with E-state index in [9.17, 15) is 9.18 Å². The van der Waals surface area contributed by atoms with E-state index in [0.717, 1.165) is 11.3 Å². The van der Waals surface area contributed by atoms with Gasteiger partial charge in [0.05, 0.1) is 0 Å². The summed E-state index contributed by atoms with van der Waals surface area (Å²) < 4.78 is 13.7. The molecule has 0 atom stereocenters. The van der Waals surface area contributed by atoms with Crippen LogP contribution in [-0.4, -0.2) is 5.91 Å². The Morgan fingerprint density at radius 3 is 2.70 bits per heavy atom. The SMILES string of the molecule is Cc1ccc(NCc2cc(C(N)=O)ccc2F)cc1Cl. The molecular formula is C15H14ClFN2O. The summed E-state index contributed by atoms with van der Waals surface area (Å²) in [5.41, 5.74) is 7.59. The molecule has 2 rings (SSSR count). The molecule has 2 aromatic carbocycles. The van der Waals surface area contributed by atoms with Gasteiger partial charge in [-0.05, 0) is 42.8 Å². The van der Waals surface area contributed by atoms with Gasteiger partial charge in [0.2, 0.25) is 5.91 Å². The van der Waals surface area contributed by atoms with Gasteiger partial charge in [0.1, 0.15) is 5.82 Å². The fraction of sp³-hybridized carbons (Fsp3) is 0.133. The van der Waals surface area contributed by atoms with Crippen LogP contribution in [0.15, 0.2) is 36.4 Å². The Hall–Kier alpha value is -2.07. The number of primary amides is 1. The number of carbonyl (C=O) groups is 1. The minimum Gasteiger partial charge on any atom is -0.381 e. The van der Waals surface area contributed by atoms with Crippen LogP contribution in [0.4, 0.5) is 10.1 Å². The highest BCUT2D eigenvalue weighted by Crippen LogP contribution is 2.21. The van der Waals surface area contributed by atoms with Gasteiger partial charge in [0.15, 0.2) is 0 Å². The van der Waals surface area contributed by atoms with E-state index in [-0.39, 0.29) is 17.9 Å². The summed E-state index contributed by atoms with van der Waals surface area (Å²) in [5, 5.41) is 3.70. The van der Waals surface area contributed by atoms with E-state index >= 15 is 0 Å². The van der Waals surface area contributed by atoms with Crippen molar-refractivity contribution < 1.29 is 9.18 Å². The summed E-state index contributed by atoms with van der Waals surface area (Å²) in [6, 6.07) is 9.55. The maximum atomic E-state index is 13.7. The Morgan fingerprint density at radius 1 is 1.30 bits per heavy atom. The van der Waals surface area contributed by atoms with Gasteiger partial charge in [0.25, 0.3) is 0 Å². The fourth-order valence-electron chi connectivity index (χ4n) is 1.76. The standard InChI is InChI=1S/C15H14ClFN2O/c1-9-2-4-12(7-13(9)16)19-8-11-6-10(15(18)20)3-5-14(11)17/h2-7,19H,8H2,1H3,(H2,18,20). The Bertz CT molecular complexity index is 658. The lowest BCUT2D eigenvalue weighted by Gasteiger charge is -2.09. The van der Waals surface area contributed by atoms with Crippen LogP contribution in [-0.2, 0) is 6.54 Å². The number of rotatable bonds is 4. The zero-order valence-electron chi connectivity index (χ0n) is 10.9. The van der Waals surface area contributed by atoms with Crippen molar-refractivity contribution in [3.8, 4) is 0 Å². The number of anilines is 1. The third kappa shape index (κ3) is 3.27. The summed E-state index contributed by atoms with van der Waals surface area (Å²) >= 11 is 6.02. The van der Waals surface area contributed by atoms with Crippen molar-refractivity contribution >= 4 is 23.2 Å². The van der Waals surface area contributed by atoms with E-state index in [1.54, 1.807) is 6.07 Å². The molecule has 0 aliphatic carbocycles. The molecule has 0 aliphatic heterocycles. The molecule has 5 heteroatoms. The van der Waals surface area contributed by atoms with Crippen LogP contribution in [0.5, 0.6) is 0 Å². The number of benzene rings is 2. The summed E-state index contributed by atoms with van der Waals surface area (Å²) in [5.74, 6) is -0.967. The smallest absolute Gasteiger partial charge is 0.248 e. The molecule has 0 aliphatic rings. The Morgan fingerprint density at radius 2 is 2.05 bits per heavy atom. The number of carbonyl (C=O) groups excluding carboxylic acids is 1. The molecule has 0 saturated carbocycles. The first-order chi connectivity index (χ1) is 9.47. The maximum absolute atomic E-state index is 13.7. The first-order valence-electron chi connectivity index (χ1n) is 6.05. The molecule has 104 valence electrons. The van der Waals surface area contributed by atoms with E-state index in [1.807, 2.05) is 19.1 Å². The van der Waals surface area contributed by atoms with Crippen LogP contribution in [0.2, 0.25) is 5.02 Å². The topological polar surface area (TPSA) is 55.1 Å². The van der Waals surface area contributed by atoms with Gasteiger partial charge in [-0.3, -0.25) is 4.79 Å². The predicted molar refractivity (Wildman–Crippen MR) is 78.4 cm³/mol. The van der Waals surface area contributed by atoms with Gasteiger partial charge in [-0.1, -0.05) is 17.7 Å². The van der Waals surface area contributed by atoms with Crippen LogP contribution < -0.4 is 11.1 Å². The van der Waals surface area contributed by atoms with Gasteiger partial charge in [0, 0.05) is 28.4 Å². The van der Waals surface area contributed by atoms with Gasteiger partial charge in [-0.25, -0.2) is 4.39 Å². The molecule has 0 heterocycles. The molecule has 0 radical (unpaired) electrons. The maximum Gasteiger partial charge on any atom is 0.248 e. The molecule has 0 bridgehead atoms. The van der Waals surface area contributed by atoms with Crippen LogP contribution in [0.25, 0.3) is 0 Å². The number of hydrogen-bond donors (Lipinski definition) is 2. The molecule has 3 N–H and O–H groups in total. The van der Waals surface area contributed by atoms with Crippen LogP contribution in [0, 0.1) is 12.7 Å². The summed E-state index contributed by atoms with van der Waals surface area (Å²) in [4.78, 5) is 11.1. The van der Waals surface area contributed by atoms with Gasteiger partial charge >= 0.3 is 0 Å². The highest BCUT2D eigenvalue weighted by atomic mass is 35.5. The molecule has 0 aromatic heterocycles. The Labute approximate surface area is 121 Å². The Balaban J connectivity index is 2.15. The third-order valence-electron chi connectivity index (χ3n) is 2.99. The first kappa shape index (κ1) is 14.3. The average Bonchev–Trinajstić information content (AvgIpc) is 2.41. The monoisotopic (exact) mass is 292 g/mol. The van der Waals surface area contributed by atoms with E-state index in [0.29, 0.717) is 10.6 Å². The molecule has 0 fully saturated rings. The lowest BCUT2D eigenvalue weighted by atomic mass is 10.1. The fourth-order valence-corrected chi connectivity index (χ4v) is 1.94. The third-order valence-corrected chi connectivity index (χ3v) is 3.39. The van der Waals surface area contributed by atoms with Crippen molar-refractivity contribution in [3.63, 3.8) is 0 Å². The van der Waals surface area contributed by atoms with Crippen molar-refractivity contribution in [1.82, 2.24) is 0 Å². The van der Waals surface area contributed by atoms with E-state index in [4.69, 9.17) is 17.3 Å². The predicted octanol–water partition coefficient (Wildman–Crippen LogP) is 3.50. The quantitative estimate of drug-likeness (QED) is 0.906. The number of aryl methyl sites for hydroxylation is 1. The number of hydrogen-bond acceptors (Lipinski definition) is 2. The zero-order chi connectivity index (χ0) is 14.7. The molecule has 2 aromatic rings. The first-order valence-corrected chi connectivity index (χ1v) is 6.43.